The van der Waals surface area contributed by atoms with Crippen molar-refractivity contribution in [3.63, 3.8) is 0 Å². The van der Waals surface area contributed by atoms with Gasteiger partial charge in [0.1, 0.15) is 11.6 Å². The third kappa shape index (κ3) is 4.47. The summed E-state index contributed by atoms with van der Waals surface area (Å²) in [6.07, 6.45) is 0.532. The molecular formula is C26H25ClN4O3. The van der Waals surface area contributed by atoms with Crippen LogP contribution in [0.15, 0.2) is 77.6 Å². The van der Waals surface area contributed by atoms with Crippen molar-refractivity contribution in [1.82, 2.24) is 14.5 Å². The lowest BCUT2D eigenvalue weighted by atomic mass is 10.1. The number of nitrogens with one attached hydrogen (secondary N) is 1. The van der Waals surface area contributed by atoms with Crippen molar-refractivity contribution in [3.05, 3.63) is 94.0 Å². The number of carbonyl (C=O) groups is 1. The van der Waals surface area contributed by atoms with Gasteiger partial charge in [0, 0.05) is 17.8 Å². The predicted octanol–water partition coefficient (Wildman–Crippen LogP) is 5.66. The standard InChI is InChI=1S/C26H25ClN4O3/c1-4-21(30(2)26(33)28-18-15-13-17(27)14-16-18)24-29-20-10-6-5-9-19(20)25(32)31(24)22-11-7-8-12-23(22)34-3/h5-16,21H,4H2,1-3H3,(H,28,33). The van der Waals surface area contributed by atoms with Gasteiger partial charge in [-0.25, -0.2) is 9.78 Å². The van der Waals surface area contributed by atoms with Gasteiger partial charge >= 0.3 is 6.03 Å². The lowest BCUT2D eigenvalue weighted by Crippen LogP contribution is -2.38. The maximum absolute atomic E-state index is 13.7. The van der Waals surface area contributed by atoms with Gasteiger partial charge in [-0.2, -0.15) is 0 Å². The summed E-state index contributed by atoms with van der Waals surface area (Å²) in [6.45, 7) is 1.95. The molecule has 0 aliphatic carbocycles. The second-order valence-electron chi connectivity index (χ2n) is 7.77. The molecule has 174 valence electrons. The molecule has 34 heavy (non-hydrogen) atoms. The molecule has 1 N–H and O–H groups in total. The van der Waals surface area contributed by atoms with Crippen LogP contribution < -0.4 is 15.6 Å². The molecule has 0 spiro atoms. The number of halogens is 1. The van der Waals surface area contributed by atoms with Gasteiger partial charge in [-0.1, -0.05) is 42.8 Å². The first kappa shape index (κ1) is 23.3. The van der Waals surface area contributed by atoms with Crippen LogP contribution in [0.5, 0.6) is 5.75 Å². The first-order valence-electron chi connectivity index (χ1n) is 10.9. The van der Waals surface area contributed by atoms with E-state index in [-0.39, 0.29) is 11.6 Å². The number of fused-ring (bicyclic) bond motifs is 1. The molecule has 4 rings (SSSR count). The maximum Gasteiger partial charge on any atom is 0.322 e. The minimum absolute atomic E-state index is 0.227. The lowest BCUT2D eigenvalue weighted by molar-refractivity contribution is 0.199. The number of amides is 2. The van der Waals surface area contributed by atoms with E-state index in [0.717, 1.165) is 0 Å². The number of carbonyl (C=O) groups excluding carboxylic acids is 1. The van der Waals surface area contributed by atoms with E-state index in [1.54, 1.807) is 78.2 Å². The number of nitrogens with zero attached hydrogens (tertiary/aromatic N) is 3. The Morgan fingerprint density at radius 2 is 1.76 bits per heavy atom. The summed E-state index contributed by atoms with van der Waals surface area (Å²) in [5.41, 5.74) is 1.52. The van der Waals surface area contributed by atoms with Gasteiger partial charge in [-0.05, 0) is 55.0 Å². The molecule has 0 aliphatic heterocycles. The molecule has 2 amide bonds. The summed E-state index contributed by atoms with van der Waals surface area (Å²) in [5, 5.41) is 3.94. The number of hydrogen-bond acceptors (Lipinski definition) is 4. The van der Waals surface area contributed by atoms with Crippen LogP contribution >= 0.6 is 11.6 Å². The molecular weight excluding hydrogens is 452 g/mol. The molecule has 3 aromatic carbocycles. The van der Waals surface area contributed by atoms with E-state index < -0.39 is 6.04 Å². The van der Waals surface area contributed by atoms with Crippen LogP contribution in [0.3, 0.4) is 0 Å². The van der Waals surface area contributed by atoms with Crippen molar-refractivity contribution in [2.75, 3.05) is 19.5 Å². The highest BCUT2D eigenvalue weighted by Gasteiger charge is 2.27. The molecule has 0 bridgehead atoms. The molecule has 1 heterocycles. The van der Waals surface area contributed by atoms with E-state index in [0.29, 0.717) is 45.3 Å². The van der Waals surface area contributed by atoms with Crippen molar-refractivity contribution >= 4 is 34.2 Å². The molecule has 8 heteroatoms. The number of aromatic nitrogens is 2. The summed E-state index contributed by atoms with van der Waals surface area (Å²) in [7, 11) is 3.24. The maximum atomic E-state index is 13.7. The second-order valence-corrected chi connectivity index (χ2v) is 8.21. The average Bonchev–Trinajstić information content (AvgIpc) is 2.86. The van der Waals surface area contributed by atoms with Crippen LogP contribution in [0.4, 0.5) is 10.5 Å². The van der Waals surface area contributed by atoms with Gasteiger partial charge in [-0.3, -0.25) is 9.36 Å². The highest BCUT2D eigenvalue weighted by molar-refractivity contribution is 6.30. The van der Waals surface area contributed by atoms with Crippen molar-refractivity contribution in [2.24, 2.45) is 0 Å². The van der Waals surface area contributed by atoms with E-state index >= 15 is 0 Å². The fourth-order valence-corrected chi connectivity index (χ4v) is 4.06. The average molecular weight is 477 g/mol. The van der Waals surface area contributed by atoms with Crippen molar-refractivity contribution in [1.29, 1.82) is 0 Å². The Morgan fingerprint density at radius 3 is 2.47 bits per heavy atom. The Kier molecular flexibility index (Phi) is 6.84. The lowest BCUT2D eigenvalue weighted by Gasteiger charge is -2.29. The number of urea groups is 1. The largest absolute Gasteiger partial charge is 0.495 e. The molecule has 0 fully saturated rings. The predicted molar refractivity (Wildman–Crippen MR) is 135 cm³/mol. The van der Waals surface area contributed by atoms with Gasteiger partial charge in [-0.15, -0.1) is 0 Å². The van der Waals surface area contributed by atoms with E-state index in [1.807, 2.05) is 25.1 Å². The third-order valence-electron chi connectivity index (χ3n) is 5.70. The Labute approximate surface area is 202 Å². The zero-order chi connectivity index (χ0) is 24.2. The first-order valence-corrected chi connectivity index (χ1v) is 11.3. The molecule has 0 aliphatic rings. The molecule has 1 aromatic heterocycles. The Morgan fingerprint density at radius 1 is 1.09 bits per heavy atom. The molecule has 0 saturated heterocycles. The number of methoxy groups -OCH3 is 1. The summed E-state index contributed by atoms with van der Waals surface area (Å²) in [5.74, 6) is 0.982. The number of ether oxygens (including phenoxy) is 1. The van der Waals surface area contributed by atoms with Crippen molar-refractivity contribution < 1.29 is 9.53 Å². The number of rotatable bonds is 6. The van der Waals surface area contributed by atoms with E-state index in [1.165, 1.54) is 0 Å². The van der Waals surface area contributed by atoms with Crippen LogP contribution in [-0.2, 0) is 0 Å². The second kappa shape index (κ2) is 9.97. The summed E-state index contributed by atoms with van der Waals surface area (Å²) in [6, 6.07) is 20.5. The van der Waals surface area contributed by atoms with Crippen LogP contribution in [0.1, 0.15) is 25.2 Å². The SMILES string of the molecule is CCC(c1nc2ccccc2c(=O)n1-c1ccccc1OC)N(C)C(=O)Nc1ccc(Cl)cc1. The molecule has 7 nitrogen and oxygen atoms in total. The zero-order valence-electron chi connectivity index (χ0n) is 19.2. The van der Waals surface area contributed by atoms with Crippen molar-refractivity contribution in [2.45, 2.75) is 19.4 Å². The highest BCUT2D eigenvalue weighted by Crippen LogP contribution is 2.29. The summed E-state index contributed by atoms with van der Waals surface area (Å²) < 4.78 is 7.08. The topological polar surface area (TPSA) is 76.5 Å². The normalized spacial score (nSPS) is 11.8. The monoisotopic (exact) mass is 476 g/mol. The third-order valence-corrected chi connectivity index (χ3v) is 5.95. The summed E-state index contributed by atoms with van der Waals surface area (Å²) >= 11 is 5.95. The summed E-state index contributed by atoms with van der Waals surface area (Å²) in [4.78, 5) is 33.2. The van der Waals surface area contributed by atoms with Crippen LogP contribution in [0.2, 0.25) is 5.02 Å². The van der Waals surface area contributed by atoms with Crippen LogP contribution in [0, 0.1) is 0 Å². The van der Waals surface area contributed by atoms with Crippen LogP contribution in [-0.4, -0.2) is 34.6 Å². The molecule has 0 radical (unpaired) electrons. The van der Waals surface area contributed by atoms with Crippen LogP contribution in [0.25, 0.3) is 16.6 Å². The number of anilines is 1. The fourth-order valence-electron chi connectivity index (χ4n) is 3.94. The van der Waals surface area contributed by atoms with Gasteiger partial charge < -0.3 is 15.0 Å². The van der Waals surface area contributed by atoms with Gasteiger partial charge in [0.15, 0.2) is 0 Å². The Balaban J connectivity index is 1.84. The molecule has 1 atom stereocenters. The number of benzene rings is 3. The highest BCUT2D eigenvalue weighted by atomic mass is 35.5. The minimum Gasteiger partial charge on any atom is -0.495 e. The minimum atomic E-state index is -0.491. The number of para-hydroxylation sites is 3. The van der Waals surface area contributed by atoms with Gasteiger partial charge in [0.2, 0.25) is 0 Å². The van der Waals surface area contributed by atoms with Crippen molar-refractivity contribution in [3.8, 4) is 11.4 Å². The van der Waals surface area contributed by atoms with Gasteiger partial charge in [0.25, 0.3) is 5.56 Å². The first-order chi connectivity index (χ1) is 16.4. The van der Waals surface area contributed by atoms with Gasteiger partial charge in [0.05, 0.1) is 29.7 Å². The Bertz CT molecular complexity index is 1390. The number of hydrogen-bond donors (Lipinski definition) is 1. The molecule has 4 aromatic rings. The fraction of sp³-hybridized carbons (Fsp3) is 0.192. The zero-order valence-corrected chi connectivity index (χ0v) is 19.9. The Hall–Kier alpha value is -3.84. The quantitative estimate of drug-likeness (QED) is 0.389. The van der Waals surface area contributed by atoms with E-state index in [4.69, 9.17) is 21.3 Å². The van der Waals surface area contributed by atoms with E-state index in [2.05, 4.69) is 5.32 Å². The smallest absolute Gasteiger partial charge is 0.322 e. The van der Waals surface area contributed by atoms with E-state index in [9.17, 15) is 9.59 Å². The molecule has 0 saturated carbocycles. The molecule has 1 unspecified atom stereocenters.